The van der Waals surface area contributed by atoms with Gasteiger partial charge in [-0.05, 0) is 36.2 Å². The van der Waals surface area contributed by atoms with Crippen molar-refractivity contribution in [3.05, 3.63) is 83.4 Å². The lowest BCUT2D eigenvalue weighted by Crippen LogP contribution is -2.28. The number of alkyl halides is 3. The molecular weight excluding hydrogens is 553 g/mol. The van der Waals surface area contributed by atoms with Crippen molar-refractivity contribution in [2.24, 2.45) is 7.05 Å². The number of aromatic carboxylic acids is 1. The summed E-state index contributed by atoms with van der Waals surface area (Å²) in [7, 11) is -1.40. The molecule has 0 aliphatic heterocycles. The van der Waals surface area contributed by atoms with Crippen LogP contribution in [0.1, 0.15) is 45.6 Å². The van der Waals surface area contributed by atoms with E-state index < -0.39 is 33.0 Å². The molecule has 2 aromatic carbocycles. The first-order valence-corrected chi connectivity index (χ1v) is 13.4. The number of aryl methyl sites for hydroxylation is 1. The van der Waals surface area contributed by atoms with Crippen LogP contribution in [0.15, 0.2) is 65.8 Å². The number of hydrogen-bond donors (Lipinski definition) is 1. The van der Waals surface area contributed by atoms with E-state index in [-0.39, 0.29) is 23.9 Å². The minimum Gasteiger partial charge on any atom is -0.478 e. The molecule has 1 N–H and O–H groups in total. The van der Waals surface area contributed by atoms with Gasteiger partial charge in [-0.25, -0.2) is 17.9 Å². The van der Waals surface area contributed by atoms with Crippen LogP contribution in [0.25, 0.3) is 5.69 Å². The average molecular weight is 577 g/mol. The molecule has 11 nitrogen and oxygen atoms in total. The summed E-state index contributed by atoms with van der Waals surface area (Å²) < 4.78 is 72.8. The van der Waals surface area contributed by atoms with Gasteiger partial charge in [0.25, 0.3) is 0 Å². The molecule has 1 aliphatic carbocycles. The van der Waals surface area contributed by atoms with E-state index >= 15 is 0 Å². The fraction of sp³-hybridized carbons (Fsp3) is 0.280. The second-order valence-corrected chi connectivity index (χ2v) is 11.4. The van der Waals surface area contributed by atoms with Gasteiger partial charge in [-0.15, -0.1) is 18.3 Å². The molecule has 2 heterocycles. The minimum absolute atomic E-state index is 0.0271. The number of carboxylic acids is 1. The number of hydrogen-bond acceptors (Lipinski definition) is 7. The van der Waals surface area contributed by atoms with Gasteiger partial charge in [0.05, 0.1) is 23.3 Å². The predicted octanol–water partition coefficient (Wildman–Crippen LogP) is 3.69. The van der Waals surface area contributed by atoms with E-state index in [1.165, 1.54) is 30.1 Å². The van der Waals surface area contributed by atoms with Gasteiger partial charge in [0.15, 0.2) is 0 Å². The molecule has 1 saturated carbocycles. The molecule has 0 saturated heterocycles. The molecular formula is C25H23F3N6O5S. The number of benzene rings is 2. The zero-order valence-corrected chi connectivity index (χ0v) is 22.0. The van der Waals surface area contributed by atoms with E-state index in [9.17, 15) is 31.5 Å². The van der Waals surface area contributed by atoms with Gasteiger partial charge in [-0.2, -0.15) is 9.40 Å². The van der Waals surface area contributed by atoms with Crippen molar-refractivity contribution in [1.29, 1.82) is 0 Å². The van der Waals surface area contributed by atoms with Crippen molar-refractivity contribution in [3.63, 3.8) is 0 Å². The van der Waals surface area contributed by atoms with E-state index in [1.807, 2.05) is 0 Å². The molecule has 0 amide bonds. The number of aromatic nitrogens is 5. The first kappa shape index (κ1) is 27.3. The lowest BCUT2D eigenvalue weighted by molar-refractivity contribution is -0.275. The number of nitrogens with zero attached hydrogens (tertiary/aromatic N) is 6. The van der Waals surface area contributed by atoms with E-state index in [1.54, 1.807) is 42.2 Å². The summed E-state index contributed by atoms with van der Waals surface area (Å²) in [5.74, 6) is -2.16. The minimum atomic E-state index is -5.07. The summed E-state index contributed by atoms with van der Waals surface area (Å²) in [5, 5.41) is 22.2. The highest BCUT2D eigenvalue weighted by molar-refractivity contribution is 7.89. The maximum absolute atomic E-state index is 13.2. The van der Waals surface area contributed by atoms with Crippen LogP contribution in [0.5, 0.6) is 5.75 Å². The fourth-order valence-corrected chi connectivity index (χ4v) is 5.88. The van der Waals surface area contributed by atoms with Crippen LogP contribution in [0.4, 0.5) is 13.2 Å². The Morgan fingerprint density at radius 3 is 2.60 bits per heavy atom. The van der Waals surface area contributed by atoms with Crippen molar-refractivity contribution < 1.29 is 36.2 Å². The summed E-state index contributed by atoms with van der Waals surface area (Å²) in [6.07, 6.45) is -1.36. The molecule has 2 aromatic heterocycles. The molecule has 1 aliphatic rings. The van der Waals surface area contributed by atoms with Crippen molar-refractivity contribution in [3.8, 4) is 11.4 Å². The molecule has 210 valence electrons. The highest BCUT2D eigenvalue weighted by Gasteiger charge is 2.46. The lowest BCUT2D eigenvalue weighted by Gasteiger charge is -2.20. The van der Waals surface area contributed by atoms with E-state index in [2.05, 4.69) is 20.1 Å². The summed E-state index contributed by atoms with van der Waals surface area (Å²) in [5.41, 5.74) is 2.27. The molecule has 0 radical (unpaired) electrons. The van der Waals surface area contributed by atoms with E-state index in [0.717, 1.165) is 22.1 Å². The number of sulfonamides is 1. The maximum atomic E-state index is 13.2. The summed E-state index contributed by atoms with van der Waals surface area (Å²) >= 11 is 0. The van der Waals surface area contributed by atoms with Crippen LogP contribution in [-0.2, 0) is 23.6 Å². The van der Waals surface area contributed by atoms with Gasteiger partial charge in [-0.1, -0.05) is 29.5 Å². The molecule has 5 rings (SSSR count). The Labute approximate surface area is 226 Å². The Morgan fingerprint density at radius 1 is 1.18 bits per heavy atom. The van der Waals surface area contributed by atoms with Crippen molar-refractivity contribution in [1.82, 2.24) is 29.1 Å². The third kappa shape index (κ3) is 5.42. The topological polar surface area (TPSA) is 132 Å². The van der Waals surface area contributed by atoms with Gasteiger partial charge in [0, 0.05) is 38.7 Å². The molecule has 4 aromatic rings. The molecule has 0 unspecified atom stereocenters. The number of rotatable bonds is 9. The van der Waals surface area contributed by atoms with Crippen molar-refractivity contribution in [2.75, 3.05) is 7.05 Å². The van der Waals surface area contributed by atoms with Gasteiger partial charge in [-0.3, -0.25) is 4.68 Å². The fourth-order valence-electron chi connectivity index (χ4n) is 4.61. The van der Waals surface area contributed by atoms with Crippen LogP contribution in [0.2, 0.25) is 0 Å². The number of halogens is 3. The van der Waals surface area contributed by atoms with Crippen LogP contribution in [0, 0.1) is 0 Å². The maximum Gasteiger partial charge on any atom is 0.573 e. The van der Waals surface area contributed by atoms with Gasteiger partial charge in [0.1, 0.15) is 16.2 Å². The predicted molar refractivity (Wildman–Crippen MR) is 133 cm³/mol. The Hall–Kier alpha value is -4.24. The zero-order chi connectivity index (χ0) is 28.8. The van der Waals surface area contributed by atoms with Crippen molar-refractivity contribution >= 4 is 16.0 Å². The Morgan fingerprint density at radius 2 is 1.93 bits per heavy atom. The molecule has 2 atom stereocenters. The number of ether oxygens (including phenoxy) is 1. The highest BCUT2D eigenvalue weighted by atomic mass is 32.2. The summed E-state index contributed by atoms with van der Waals surface area (Å²) in [4.78, 5) is 11.3. The normalized spacial score (nSPS) is 17.2. The van der Waals surface area contributed by atoms with Gasteiger partial charge in [0.2, 0.25) is 10.0 Å². The number of carboxylic acid groups (broad SMARTS) is 1. The summed E-state index contributed by atoms with van der Waals surface area (Å²) in [6.45, 7) is -0.190. The molecule has 0 spiro atoms. The third-order valence-electron chi connectivity index (χ3n) is 6.50. The standard InChI is InChI=1S/C25H23F3N6O5S/c1-32-14-20(30-31-32)17-11-18(17)23-19(24(35)36)12-29-34(23)16-7-5-6-15(10-16)13-33(2)40(37,38)22-9-4-3-8-21(22)39-25(26,27)28/h3-10,12,14,17-18H,11,13H2,1-2H3,(H,35,36)/t17-,18-/m1/s1. The van der Waals surface area contributed by atoms with Gasteiger partial charge < -0.3 is 9.84 Å². The average Bonchev–Trinajstić information content (AvgIpc) is 3.32. The number of carbonyl (C=O) groups is 1. The Balaban J connectivity index is 1.43. The van der Waals surface area contributed by atoms with Gasteiger partial charge >= 0.3 is 12.3 Å². The monoisotopic (exact) mass is 576 g/mol. The van der Waals surface area contributed by atoms with Crippen LogP contribution < -0.4 is 4.74 Å². The largest absolute Gasteiger partial charge is 0.573 e. The molecule has 0 bridgehead atoms. The number of para-hydroxylation sites is 1. The highest BCUT2D eigenvalue weighted by Crippen LogP contribution is 2.55. The lowest BCUT2D eigenvalue weighted by atomic mass is 10.1. The van der Waals surface area contributed by atoms with E-state index in [0.29, 0.717) is 23.4 Å². The second-order valence-electron chi connectivity index (χ2n) is 9.35. The Bertz CT molecular complexity index is 1680. The summed E-state index contributed by atoms with van der Waals surface area (Å²) in [6, 6.07) is 11.2. The van der Waals surface area contributed by atoms with Crippen LogP contribution >= 0.6 is 0 Å². The van der Waals surface area contributed by atoms with Crippen LogP contribution in [-0.4, -0.2) is 62.0 Å². The third-order valence-corrected chi connectivity index (χ3v) is 8.35. The first-order chi connectivity index (χ1) is 18.8. The molecule has 1 fully saturated rings. The smallest absolute Gasteiger partial charge is 0.478 e. The first-order valence-electron chi connectivity index (χ1n) is 11.9. The van der Waals surface area contributed by atoms with Crippen LogP contribution in [0.3, 0.4) is 0 Å². The molecule has 40 heavy (non-hydrogen) atoms. The Kier molecular flexibility index (Phi) is 6.87. The quantitative estimate of drug-likeness (QED) is 0.319. The second kappa shape index (κ2) is 10.1. The zero-order valence-electron chi connectivity index (χ0n) is 21.1. The van der Waals surface area contributed by atoms with Crippen molar-refractivity contribution in [2.45, 2.75) is 36.1 Å². The molecule has 15 heteroatoms. The SMILES string of the molecule is CN(Cc1cccc(-n2ncc(C(=O)O)c2[C@@H]2C[C@H]2c2cn(C)nn2)c1)S(=O)(=O)c1ccccc1OC(F)(F)F. The van der Waals surface area contributed by atoms with E-state index in [4.69, 9.17) is 0 Å².